The number of carbonyl (C=O) groups is 1. The van der Waals surface area contributed by atoms with Crippen molar-refractivity contribution < 1.29 is 14.3 Å². The Balaban J connectivity index is 2.37. The largest absolute Gasteiger partial charge is 0.508 e. The Hall–Kier alpha value is -2.40. The topological polar surface area (TPSA) is 66.6 Å². The van der Waals surface area contributed by atoms with Crippen molar-refractivity contribution in [1.82, 2.24) is 0 Å². The highest BCUT2D eigenvalue weighted by Gasteiger charge is 2.19. The molecule has 0 aliphatic rings. The number of nitrogens with zero attached hydrogens (tertiary/aromatic N) is 1. The Bertz CT molecular complexity index is 644. The first-order valence-corrected chi connectivity index (χ1v) is 6.09. The van der Waals surface area contributed by atoms with E-state index in [1.807, 2.05) is 12.1 Å². The second kappa shape index (κ2) is 5.71. The molecule has 0 saturated heterocycles. The Morgan fingerprint density at radius 2 is 2.00 bits per heavy atom. The van der Waals surface area contributed by atoms with Crippen LogP contribution in [0.4, 0.5) is 10.1 Å². The summed E-state index contributed by atoms with van der Waals surface area (Å²) in [6.07, 6.45) is 0. The fourth-order valence-corrected chi connectivity index (χ4v) is 1.98. The van der Waals surface area contributed by atoms with E-state index in [0.717, 1.165) is 11.6 Å². The van der Waals surface area contributed by atoms with E-state index in [9.17, 15) is 14.3 Å². The maximum Gasteiger partial charge on any atom is 0.260 e. The van der Waals surface area contributed by atoms with E-state index in [0.29, 0.717) is 5.69 Å². The van der Waals surface area contributed by atoms with Gasteiger partial charge in [0.25, 0.3) is 5.91 Å². The number of aromatic hydroxyl groups is 1. The Kier molecular flexibility index (Phi) is 4.00. The summed E-state index contributed by atoms with van der Waals surface area (Å²) in [6.45, 7) is 0.284. The quantitative estimate of drug-likeness (QED) is 0.902. The number of nitrogens with two attached hydrogens (primary N) is 1. The van der Waals surface area contributed by atoms with E-state index in [4.69, 9.17) is 5.73 Å². The van der Waals surface area contributed by atoms with Crippen LogP contribution in [0.5, 0.6) is 5.75 Å². The molecular formula is C15H15FN2O2. The summed E-state index contributed by atoms with van der Waals surface area (Å²) >= 11 is 0. The summed E-state index contributed by atoms with van der Waals surface area (Å²) in [5.74, 6) is -1.47. The number of phenolic OH excluding ortho intramolecular Hbond substituents is 1. The minimum Gasteiger partial charge on any atom is -0.508 e. The molecular weight excluding hydrogens is 259 g/mol. The van der Waals surface area contributed by atoms with Gasteiger partial charge < -0.3 is 15.7 Å². The van der Waals surface area contributed by atoms with Gasteiger partial charge in [0.2, 0.25) is 0 Å². The average molecular weight is 274 g/mol. The molecule has 0 bridgehead atoms. The van der Waals surface area contributed by atoms with Crippen molar-refractivity contribution in [1.29, 1.82) is 0 Å². The molecule has 0 aromatic heterocycles. The fraction of sp³-hybridized carbons (Fsp3) is 0.133. The van der Waals surface area contributed by atoms with Crippen molar-refractivity contribution >= 4 is 11.6 Å². The SMILES string of the molecule is CN(C(=O)c1ccc(O)cc1F)c1ccccc1CN. The zero-order valence-corrected chi connectivity index (χ0v) is 11.0. The Morgan fingerprint density at radius 3 is 2.65 bits per heavy atom. The minimum atomic E-state index is -0.757. The maximum atomic E-state index is 13.7. The number of anilines is 1. The van der Waals surface area contributed by atoms with Crippen LogP contribution in [0.15, 0.2) is 42.5 Å². The van der Waals surface area contributed by atoms with Gasteiger partial charge in [-0.05, 0) is 23.8 Å². The molecule has 0 fully saturated rings. The van der Waals surface area contributed by atoms with Crippen molar-refractivity contribution in [2.24, 2.45) is 5.73 Å². The summed E-state index contributed by atoms with van der Waals surface area (Å²) in [4.78, 5) is 13.7. The molecule has 20 heavy (non-hydrogen) atoms. The van der Waals surface area contributed by atoms with Crippen LogP contribution < -0.4 is 10.6 Å². The van der Waals surface area contributed by atoms with E-state index >= 15 is 0 Å². The molecule has 0 saturated carbocycles. The first-order valence-electron chi connectivity index (χ1n) is 6.09. The lowest BCUT2D eigenvalue weighted by Gasteiger charge is -2.20. The second-order valence-corrected chi connectivity index (χ2v) is 4.36. The Labute approximate surface area is 116 Å². The predicted molar refractivity (Wildman–Crippen MR) is 75.1 cm³/mol. The fourth-order valence-electron chi connectivity index (χ4n) is 1.98. The molecule has 1 amide bonds. The van der Waals surface area contributed by atoms with Crippen LogP contribution in [0.25, 0.3) is 0 Å². The number of rotatable bonds is 3. The molecule has 4 nitrogen and oxygen atoms in total. The third-order valence-electron chi connectivity index (χ3n) is 3.06. The predicted octanol–water partition coefficient (Wildman–Crippen LogP) is 2.27. The summed E-state index contributed by atoms with van der Waals surface area (Å²) in [6, 6.07) is 10.6. The average Bonchev–Trinajstić information content (AvgIpc) is 2.45. The molecule has 2 aromatic carbocycles. The van der Waals surface area contributed by atoms with Crippen molar-refractivity contribution in [2.45, 2.75) is 6.54 Å². The van der Waals surface area contributed by atoms with E-state index in [-0.39, 0.29) is 17.9 Å². The highest BCUT2D eigenvalue weighted by Crippen LogP contribution is 2.22. The molecule has 0 atom stereocenters. The lowest BCUT2D eigenvalue weighted by Crippen LogP contribution is -2.28. The first kappa shape index (κ1) is 14.0. The molecule has 0 spiro atoms. The molecule has 104 valence electrons. The van der Waals surface area contributed by atoms with Gasteiger partial charge in [0.1, 0.15) is 11.6 Å². The summed E-state index contributed by atoms with van der Waals surface area (Å²) < 4.78 is 13.7. The second-order valence-electron chi connectivity index (χ2n) is 4.36. The molecule has 2 aromatic rings. The number of phenols is 1. The highest BCUT2D eigenvalue weighted by atomic mass is 19.1. The van der Waals surface area contributed by atoms with Gasteiger partial charge in [-0.3, -0.25) is 4.79 Å². The minimum absolute atomic E-state index is 0.0999. The van der Waals surface area contributed by atoms with E-state index in [2.05, 4.69) is 0 Å². The van der Waals surface area contributed by atoms with Gasteiger partial charge >= 0.3 is 0 Å². The zero-order chi connectivity index (χ0) is 14.7. The monoisotopic (exact) mass is 274 g/mol. The normalized spacial score (nSPS) is 10.3. The van der Waals surface area contributed by atoms with E-state index in [1.54, 1.807) is 19.2 Å². The summed E-state index contributed by atoms with van der Waals surface area (Å²) in [7, 11) is 1.56. The van der Waals surface area contributed by atoms with Crippen LogP contribution in [0.3, 0.4) is 0 Å². The van der Waals surface area contributed by atoms with Gasteiger partial charge in [-0.15, -0.1) is 0 Å². The van der Waals surface area contributed by atoms with E-state index in [1.165, 1.54) is 17.0 Å². The Morgan fingerprint density at radius 1 is 1.30 bits per heavy atom. The van der Waals surface area contributed by atoms with Crippen molar-refractivity contribution in [2.75, 3.05) is 11.9 Å². The zero-order valence-electron chi connectivity index (χ0n) is 11.0. The summed E-state index contributed by atoms with van der Waals surface area (Å²) in [5.41, 5.74) is 6.96. The van der Waals surface area contributed by atoms with E-state index < -0.39 is 11.7 Å². The molecule has 5 heteroatoms. The van der Waals surface area contributed by atoms with Crippen molar-refractivity contribution in [3.05, 3.63) is 59.4 Å². The molecule has 0 heterocycles. The number of carbonyl (C=O) groups excluding carboxylic acids is 1. The third kappa shape index (κ3) is 2.62. The maximum absolute atomic E-state index is 13.7. The van der Waals surface area contributed by atoms with Crippen LogP contribution in [0.2, 0.25) is 0 Å². The first-order chi connectivity index (χ1) is 9.54. The smallest absolute Gasteiger partial charge is 0.260 e. The lowest BCUT2D eigenvalue weighted by molar-refractivity contribution is 0.0989. The summed E-state index contributed by atoms with van der Waals surface area (Å²) in [5, 5.41) is 9.18. The van der Waals surface area contributed by atoms with Crippen LogP contribution in [0, 0.1) is 5.82 Å². The standard InChI is InChI=1S/C15H15FN2O2/c1-18(14-5-3-2-4-10(14)9-17)15(20)12-7-6-11(19)8-13(12)16/h2-8,19H,9,17H2,1H3. The van der Waals surface area contributed by atoms with Crippen LogP contribution in [0.1, 0.15) is 15.9 Å². The van der Waals surface area contributed by atoms with Crippen LogP contribution in [-0.2, 0) is 6.54 Å². The highest BCUT2D eigenvalue weighted by molar-refractivity contribution is 6.06. The number of benzene rings is 2. The lowest BCUT2D eigenvalue weighted by atomic mass is 10.1. The molecule has 3 N–H and O–H groups in total. The van der Waals surface area contributed by atoms with Gasteiger partial charge in [-0.25, -0.2) is 4.39 Å². The molecule has 2 rings (SSSR count). The molecule has 0 unspecified atom stereocenters. The van der Waals surface area contributed by atoms with Crippen LogP contribution >= 0.6 is 0 Å². The van der Waals surface area contributed by atoms with Gasteiger partial charge in [-0.2, -0.15) is 0 Å². The number of hydrogen-bond acceptors (Lipinski definition) is 3. The van der Waals surface area contributed by atoms with Gasteiger partial charge in [-0.1, -0.05) is 18.2 Å². The number of hydrogen-bond donors (Lipinski definition) is 2. The van der Waals surface area contributed by atoms with Crippen LogP contribution in [-0.4, -0.2) is 18.1 Å². The number of para-hydroxylation sites is 1. The van der Waals surface area contributed by atoms with Crippen molar-refractivity contribution in [3.63, 3.8) is 0 Å². The van der Waals surface area contributed by atoms with Gasteiger partial charge in [0, 0.05) is 25.3 Å². The third-order valence-corrected chi connectivity index (χ3v) is 3.06. The van der Waals surface area contributed by atoms with Gasteiger partial charge in [0.15, 0.2) is 0 Å². The molecule has 0 aliphatic carbocycles. The molecule has 0 radical (unpaired) electrons. The molecule has 0 aliphatic heterocycles. The van der Waals surface area contributed by atoms with Crippen molar-refractivity contribution in [3.8, 4) is 5.75 Å². The number of halogens is 1. The van der Waals surface area contributed by atoms with Gasteiger partial charge in [0.05, 0.1) is 5.56 Å². The number of amides is 1.